The highest BCUT2D eigenvalue weighted by atomic mass is 32.2. The van der Waals surface area contributed by atoms with Crippen LogP contribution in [0, 0.1) is 0 Å². The van der Waals surface area contributed by atoms with Crippen LogP contribution in [0.1, 0.15) is 0 Å². The van der Waals surface area contributed by atoms with Crippen molar-refractivity contribution in [2.75, 3.05) is 26.5 Å². The highest BCUT2D eigenvalue weighted by Crippen LogP contribution is 2.19. The number of thioether (sulfide) groups is 1. The lowest BCUT2D eigenvalue weighted by Crippen LogP contribution is -2.24. The summed E-state index contributed by atoms with van der Waals surface area (Å²) in [6.45, 7) is 5.79. The van der Waals surface area contributed by atoms with Crippen LogP contribution in [0.5, 0.6) is 0 Å². The SMILES string of the molecule is C=C/C=C(\SC)C1CN(C)CN1. The fraction of sp³-hybridized carbons (Fsp3) is 0.556. The molecule has 3 heteroatoms. The van der Waals surface area contributed by atoms with E-state index in [-0.39, 0.29) is 0 Å². The molecular weight excluding hydrogens is 168 g/mol. The molecule has 0 spiro atoms. The molecule has 1 atom stereocenters. The Morgan fingerprint density at radius 3 is 2.92 bits per heavy atom. The Balaban J connectivity index is 2.55. The average Bonchev–Trinajstić information content (AvgIpc) is 2.47. The molecule has 1 saturated heterocycles. The van der Waals surface area contributed by atoms with Gasteiger partial charge in [0, 0.05) is 18.1 Å². The molecule has 1 N–H and O–H groups in total. The maximum atomic E-state index is 3.71. The van der Waals surface area contributed by atoms with E-state index in [1.54, 1.807) is 11.8 Å². The fourth-order valence-corrected chi connectivity index (χ4v) is 2.01. The number of hydrogen-bond donors (Lipinski definition) is 1. The van der Waals surface area contributed by atoms with Gasteiger partial charge in [-0.25, -0.2) is 0 Å². The van der Waals surface area contributed by atoms with Gasteiger partial charge in [-0.15, -0.1) is 11.8 Å². The smallest absolute Gasteiger partial charge is 0.0519 e. The van der Waals surface area contributed by atoms with Crippen molar-refractivity contribution >= 4 is 11.8 Å². The fourth-order valence-electron chi connectivity index (χ4n) is 1.34. The van der Waals surface area contributed by atoms with Gasteiger partial charge >= 0.3 is 0 Å². The molecule has 1 heterocycles. The zero-order chi connectivity index (χ0) is 8.97. The van der Waals surface area contributed by atoms with Crippen molar-refractivity contribution in [2.45, 2.75) is 6.04 Å². The summed E-state index contributed by atoms with van der Waals surface area (Å²) in [6.07, 6.45) is 6.04. The Bertz CT molecular complexity index is 189. The number of nitrogens with one attached hydrogen (secondary N) is 1. The van der Waals surface area contributed by atoms with Gasteiger partial charge < -0.3 is 0 Å². The van der Waals surface area contributed by atoms with E-state index in [1.165, 1.54) is 4.91 Å². The quantitative estimate of drug-likeness (QED) is 0.665. The van der Waals surface area contributed by atoms with Crippen LogP contribution in [0.25, 0.3) is 0 Å². The second-order valence-electron chi connectivity index (χ2n) is 2.96. The Labute approximate surface area is 78.7 Å². The highest BCUT2D eigenvalue weighted by Gasteiger charge is 2.20. The summed E-state index contributed by atoms with van der Waals surface area (Å²) in [6, 6.07) is 0.503. The maximum Gasteiger partial charge on any atom is 0.0519 e. The summed E-state index contributed by atoms with van der Waals surface area (Å²) in [5.41, 5.74) is 0. The molecule has 0 amide bonds. The van der Waals surface area contributed by atoms with Gasteiger partial charge in [-0.05, 0) is 13.3 Å². The van der Waals surface area contributed by atoms with E-state index >= 15 is 0 Å². The molecule has 1 aliphatic rings. The standard InChI is InChI=1S/C9H16N2S/c1-4-5-9(12-3)8-6-11(2)7-10-8/h4-5,8,10H,1,6-7H2,2-3H3/b9-5-. The molecular formula is C9H16N2S. The molecule has 0 aliphatic carbocycles. The minimum Gasteiger partial charge on any atom is -0.296 e. The van der Waals surface area contributed by atoms with Gasteiger partial charge in [-0.3, -0.25) is 10.2 Å². The lowest BCUT2D eigenvalue weighted by Gasteiger charge is -2.11. The number of likely N-dealkylation sites (N-methyl/N-ethyl adjacent to an activating group) is 1. The van der Waals surface area contributed by atoms with E-state index in [0.717, 1.165) is 13.2 Å². The Morgan fingerprint density at radius 1 is 1.75 bits per heavy atom. The minimum absolute atomic E-state index is 0.503. The first-order valence-corrected chi connectivity index (χ1v) is 5.29. The topological polar surface area (TPSA) is 15.3 Å². The molecule has 0 saturated carbocycles. The Kier molecular flexibility index (Phi) is 3.85. The second kappa shape index (κ2) is 4.70. The van der Waals surface area contributed by atoms with E-state index in [2.05, 4.69) is 36.2 Å². The molecule has 0 aromatic rings. The van der Waals surface area contributed by atoms with Crippen LogP contribution < -0.4 is 5.32 Å². The average molecular weight is 184 g/mol. The van der Waals surface area contributed by atoms with Gasteiger partial charge in [0.1, 0.15) is 0 Å². The second-order valence-corrected chi connectivity index (χ2v) is 3.84. The third-order valence-corrected chi connectivity index (χ3v) is 2.86. The predicted molar refractivity (Wildman–Crippen MR) is 56.2 cm³/mol. The van der Waals surface area contributed by atoms with Crippen molar-refractivity contribution in [1.29, 1.82) is 0 Å². The zero-order valence-corrected chi connectivity index (χ0v) is 8.53. The number of rotatable bonds is 3. The summed E-state index contributed by atoms with van der Waals surface area (Å²) >= 11 is 1.79. The van der Waals surface area contributed by atoms with Crippen molar-refractivity contribution in [3.8, 4) is 0 Å². The summed E-state index contributed by atoms with van der Waals surface area (Å²) in [5, 5.41) is 3.43. The van der Waals surface area contributed by atoms with Crippen LogP contribution in [0.4, 0.5) is 0 Å². The van der Waals surface area contributed by atoms with Crippen LogP contribution in [-0.4, -0.2) is 37.5 Å². The highest BCUT2D eigenvalue weighted by molar-refractivity contribution is 8.02. The third kappa shape index (κ3) is 2.37. The molecule has 0 aromatic carbocycles. The van der Waals surface area contributed by atoms with Crippen molar-refractivity contribution in [3.63, 3.8) is 0 Å². The third-order valence-electron chi connectivity index (χ3n) is 1.96. The zero-order valence-electron chi connectivity index (χ0n) is 7.71. The van der Waals surface area contributed by atoms with E-state index in [4.69, 9.17) is 0 Å². The molecule has 1 fully saturated rings. The van der Waals surface area contributed by atoms with Gasteiger partial charge in [0.25, 0.3) is 0 Å². The first-order valence-electron chi connectivity index (χ1n) is 4.06. The summed E-state index contributed by atoms with van der Waals surface area (Å²) in [4.78, 5) is 3.65. The van der Waals surface area contributed by atoms with Gasteiger partial charge in [0.05, 0.1) is 6.04 Å². The predicted octanol–water partition coefficient (Wildman–Crippen LogP) is 1.28. The van der Waals surface area contributed by atoms with Gasteiger partial charge in [-0.1, -0.05) is 18.7 Å². The van der Waals surface area contributed by atoms with Crippen LogP contribution in [0.2, 0.25) is 0 Å². The molecule has 1 unspecified atom stereocenters. The molecule has 68 valence electrons. The molecule has 1 aliphatic heterocycles. The van der Waals surface area contributed by atoms with E-state index in [1.807, 2.05) is 6.08 Å². The lowest BCUT2D eigenvalue weighted by molar-refractivity contribution is 0.409. The van der Waals surface area contributed by atoms with E-state index in [9.17, 15) is 0 Å². The molecule has 0 bridgehead atoms. The van der Waals surface area contributed by atoms with Gasteiger partial charge in [0.15, 0.2) is 0 Å². The van der Waals surface area contributed by atoms with Crippen molar-refractivity contribution in [2.24, 2.45) is 0 Å². The Morgan fingerprint density at radius 2 is 2.50 bits per heavy atom. The lowest BCUT2D eigenvalue weighted by atomic mass is 10.3. The largest absolute Gasteiger partial charge is 0.296 e. The van der Waals surface area contributed by atoms with Crippen LogP contribution >= 0.6 is 11.8 Å². The van der Waals surface area contributed by atoms with Crippen molar-refractivity contribution < 1.29 is 0 Å². The van der Waals surface area contributed by atoms with Gasteiger partial charge in [-0.2, -0.15) is 0 Å². The van der Waals surface area contributed by atoms with Gasteiger partial charge in [0.2, 0.25) is 0 Å². The minimum atomic E-state index is 0.503. The summed E-state index contributed by atoms with van der Waals surface area (Å²) in [7, 11) is 2.12. The van der Waals surface area contributed by atoms with Crippen LogP contribution in [-0.2, 0) is 0 Å². The van der Waals surface area contributed by atoms with E-state index in [0.29, 0.717) is 6.04 Å². The number of nitrogens with zero attached hydrogens (tertiary/aromatic N) is 1. The van der Waals surface area contributed by atoms with Crippen LogP contribution in [0.3, 0.4) is 0 Å². The number of hydrogen-bond acceptors (Lipinski definition) is 3. The molecule has 2 nitrogen and oxygen atoms in total. The monoisotopic (exact) mass is 184 g/mol. The van der Waals surface area contributed by atoms with Crippen molar-refractivity contribution in [1.82, 2.24) is 10.2 Å². The molecule has 1 rings (SSSR count). The molecule has 12 heavy (non-hydrogen) atoms. The Hall–Kier alpha value is -0.250. The van der Waals surface area contributed by atoms with E-state index < -0.39 is 0 Å². The first-order chi connectivity index (χ1) is 5.77. The first kappa shape index (κ1) is 9.84. The molecule has 0 aromatic heterocycles. The summed E-state index contributed by atoms with van der Waals surface area (Å²) in [5.74, 6) is 0. The number of allylic oxidation sites excluding steroid dienone is 2. The van der Waals surface area contributed by atoms with Crippen molar-refractivity contribution in [3.05, 3.63) is 23.6 Å². The maximum absolute atomic E-state index is 3.71. The molecule has 0 radical (unpaired) electrons. The normalized spacial score (nSPS) is 26.2. The van der Waals surface area contributed by atoms with Crippen LogP contribution in [0.15, 0.2) is 23.6 Å². The summed E-state index contributed by atoms with van der Waals surface area (Å²) < 4.78 is 0.